The zero-order valence-electron chi connectivity index (χ0n) is 16.3. The molecule has 5 heteroatoms. The van der Waals surface area contributed by atoms with Crippen molar-refractivity contribution in [2.45, 2.75) is 50.0 Å². The molecule has 3 rings (SSSR count). The monoisotopic (exact) mass is 384 g/mol. The number of carbonyl (C=O) groups is 1. The normalized spacial score (nSPS) is 16.9. The summed E-state index contributed by atoms with van der Waals surface area (Å²) in [7, 11) is 1.64. The minimum Gasteiger partial charge on any atom is -0.497 e. The Labute approximate surface area is 165 Å². The van der Waals surface area contributed by atoms with Crippen LogP contribution in [0.5, 0.6) is 11.5 Å². The Morgan fingerprint density at radius 3 is 2.43 bits per heavy atom. The van der Waals surface area contributed by atoms with Crippen LogP contribution in [0, 0.1) is 0 Å². The Morgan fingerprint density at radius 1 is 1.07 bits per heavy atom. The summed E-state index contributed by atoms with van der Waals surface area (Å²) in [6.45, 7) is 0.513. The fourth-order valence-electron chi connectivity index (χ4n) is 4.01. The maximum absolute atomic E-state index is 11.9. The number of hydrogen-bond donors (Lipinski definition) is 2. The number of aliphatic carboxylic acids is 1. The van der Waals surface area contributed by atoms with E-state index in [-0.39, 0.29) is 0 Å². The fourth-order valence-corrected chi connectivity index (χ4v) is 4.01. The molecule has 0 saturated heterocycles. The van der Waals surface area contributed by atoms with E-state index in [1.165, 1.54) is 0 Å². The third-order valence-corrected chi connectivity index (χ3v) is 5.51. The molecule has 0 radical (unpaired) electrons. The van der Waals surface area contributed by atoms with Gasteiger partial charge in [0.2, 0.25) is 0 Å². The van der Waals surface area contributed by atoms with Crippen LogP contribution in [-0.2, 0) is 11.2 Å². The van der Waals surface area contributed by atoms with E-state index in [1.807, 2.05) is 24.3 Å². The van der Waals surface area contributed by atoms with Crippen LogP contribution < -0.4 is 9.47 Å². The van der Waals surface area contributed by atoms with Crippen LogP contribution in [0.15, 0.2) is 48.5 Å². The lowest BCUT2D eigenvalue weighted by atomic mass is 9.73. The lowest BCUT2D eigenvalue weighted by Gasteiger charge is -2.37. The number of carboxylic acids is 1. The van der Waals surface area contributed by atoms with Crippen molar-refractivity contribution in [2.75, 3.05) is 13.7 Å². The molecule has 5 nitrogen and oxygen atoms in total. The van der Waals surface area contributed by atoms with Crippen LogP contribution in [0.2, 0.25) is 0 Å². The molecule has 1 unspecified atom stereocenters. The zero-order chi connectivity index (χ0) is 20.0. The van der Waals surface area contributed by atoms with Crippen molar-refractivity contribution < 1.29 is 24.5 Å². The van der Waals surface area contributed by atoms with Crippen LogP contribution in [-0.4, -0.2) is 35.5 Å². The summed E-state index contributed by atoms with van der Waals surface area (Å²) in [5, 5.41) is 20.6. The first-order valence-electron chi connectivity index (χ1n) is 9.83. The highest BCUT2D eigenvalue weighted by atomic mass is 16.5. The standard InChI is InChI=1S/C23H28O5/c1-27-20-7-5-6-17(16-20)12-15-28-19-10-8-18(9-11-19)21(22(24)25)23(26)13-3-2-4-14-23/h5-11,16,21,26H,2-4,12-15H2,1H3,(H,24,25). The number of hydrogen-bond acceptors (Lipinski definition) is 4. The van der Waals surface area contributed by atoms with Gasteiger partial charge in [0.1, 0.15) is 17.4 Å². The Morgan fingerprint density at radius 2 is 1.79 bits per heavy atom. The van der Waals surface area contributed by atoms with E-state index in [0.29, 0.717) is 30.8 Å². The largest absolute Gasteiger partial charge is 0.497 e. The van der Waals surface area contributed by atoms with Crippen molar-refractivity contribution in [2.24, 2.45) is 0 Å². The van der Waals surface area contributed by atoms with Gasteiger partial charge in [-0.15, -0.1) is 0 Å². The van der Waals surface area contributed by atoms with Crippen molar-refractivity contribution in [3.63, 3.8) is 0 Å². The van der Waals surface area contributed by atoms with Crippen molar-refractivity contribution >= 4 is 5.97 Å². The molecule has 0 bridgehead atoms. The second-order valence-electron chi connectivity index (χ2n) is 7.45. The van der Waals surface area contributed by atoms with Gasteiger partial charge in [0.05, 0.1) is 19.3 Å². The molecule has 1 atom stereocenters. The number of rotatable bonds is 8. The quantitative estimate of drug-likeness (QED) is 0.714. The summed E-state index contributed by atoms with van der Waals surface area (Å²) >= 11 is 0. The first-order chi connectivity index (χ1) is 13.5. The van der Waals surface area contributed by atoms with Gasteiger partial charge in [-0.05, 0) is 48.2 Å². The second kappa shape index (κ2) is 9.11. The van der Waals surface area contributed by atoms with Crippen molar-refractivity contribution in [1.82, 2.24) is 0 Å². The highest BCUT2D eigenvalue weighted by Gasteiger charge is 2.43. The van der Waals surface area contributed by atoms with Gasteiger partial charge in [-0.1, -0.05) is 43.5 Å². The van der Waals surface area contributed by atoms with E-state index in [9.17, 15) is 15.0 Å². The smallest absolute Gasteiger partial charge is 0.313 e. The maximum Gasteiger partial charge on any atom is 0.313 e. The lowest BCUT2D eigenvalue weighted by Crippen LogP contribution is -2.42. The summed E-state index contributed by atoms with van der Waals surface area (Å²) < 4.78 is 11.0. The number of aliphatic hydroxyl groups is 1. The molecule has 1 aliphatic carbocycles. The Kier molecular flexibility index (Phi) is 6.57. The third-order valence-electron chi connectivity index (χ3n) is 5.51. The van der Waals surface area contributed by atoms with E-state index in [2.05, 4.69) is 0 Å². The molecule has 0 heterocycles. The minimum absolute atomic E-state index is 0.513. The van der Waals surface area contributed by atoms with E-state index in [4.69, 9.17) is 9.47 Å². The second-order valence-corrected chi connectivity index (χ2v) is 7.45. The molecule has 0 amide bonds. The summed E-state index contributed by atoms with van der Waals surface area (Å²) in [6.07, 6.45) is 4.59. The average molecular weight is 384 g/mol. The van der Waals surface area contributed by atoms with E-state index in [0.717, 1.165) is 37.0 Å². The van der Waals surface area contributed by atoms with Crippen LogP contribution in [0.25, 0.3) is 0 Å². The van der Waals surface area contributed by atoms with Crippen LogP contribution in [0.1, 0.15) is 49.1 Å². The fraction of sp³-hybridized carbons (Fsp3) is 0.435. The van der Waals surface area contributed by atoms with Gasteiger partial charge in [0.25, 0.3) is 0 Å². The van der Waals surface area contributed by atoms with Gasteiger partial charge in [-0.3, -0.25) is 4.79 Å². The van der Waals surface area contributed by atoms with Gasteiger partial charge < -0.3 is 19.7 Å². The lowest BCUT2D eigenvalue weighted by molar-refractivity contribution is -0.147. The molecule has 1 saturated carbocycles. The Balaban J connectivity index is 1.62. The Bertz CT molecular complexity index is 778. The van der Waals surface area contributed by atoms with Crippen LogP contribution >= 0.6 is 0 Å². The molecule has 2 aromatic rings. The van der Waals surface area contributed by atoms with Gasteiger partial charge in [-0.2, -0.15) is 0 Å². The molecule has 2 N–H and O–H groups in total. The van der Waals surface area contributed by atoms with Crippen molar-refractivity contribution in [3.05, 3.63) is 59.7 Å². The average Bonchev–Trinajstić information content (AvgIpc) is 2.69. The molecule has 2 aromatic carbocycles. The first-order valence-corrected chi connectivity index (χ1v) is 9.83. The zero-order valence-corrected chi connectivity index (χ0v) is 16.3. The van der Waals surface area contributed by atoms with E-state index >= 15 is 0 Å². The number of benzene rings is 2. The molecule has 150 valence electrons. The maximum atomic E-state index is 11.9. The van der Waals surface area contributed by atoms with Gasteiger partial charge in [0.15, 0.2) is 0 Å². The molecule has 1 fully saturated rings. The molecule has 28 heavy (non-hydrogen) atoms. The number of methoxy groups -OCH3 is 1. The molecule has 0 aliphatic heterocycles. The summed E-state index contributed by atoms with van der Waals surface area (Å²) in [5.74, 6) is -0.372. The molecular weight excluding hydrogens is 356 g/mol. The topological polar surface area (TPSA) is 76.0 Å². The number of ether oxygens (including phenoxy) is 2. The molecule has 0 spiro atoms. The number of carboxylic acid groups (broad SMARTS) is 1. The summed E-state index contributed by atoms with van der Waals surface area (Å²) in [5.41, 5.74) is 0.581. The van der Waals surface area contributed by atoms with Gasteiger partial charge in [-0.25, -0.2) is 0 Å². The molecule has 1 aliphatic rings. The minimum atomic E-state index is -1.17. The predicted octanol–water partition coefficient (Wildman–Crippen LogP) is 4.18. The first kappa shape index (κ1) is 20.2. The van der Waals surface area contributed by atoms with Crippen LogP contribution in [0.4, 0.5) is 0 Å². The summed E-state index contributed by atoms with van der Waals surface area (Å²) in [6, 6.07) is 14.9. The van der Waals surface area contributed by atoms with Gasteiger partial charge >= 0.3 is 5.97 Å². The van der Waals surface area contributed by atoms with E-state index in [1.54, 1.807) is 31.4 Å². The molecule has 0 aromatic heterocycles. The van der Waals surface area contributed by atoms with E-state index < -0.39 is 17.5 Å². The third kappa shape index (κ3) is 4.84. The summed E-state index contributed by atoms with van der Waals surface area (Å²) in [4.78, 5) is 11.9. The highest BCUT2D eigenvalue weighted by Crippen LogP contribution is 2.40. The van der Waals surface area contributed by atoms with Crippen molar-refractivity contribution in [1.29, 1.82) is 0 Å². The predicted molar refractivity (Wildman–Crippen MR) is 107 cm³/mol. The Hall–Kier alpha value is -2.53. The highest BCUT2D eigenvalue weighted by molar-refractivity contribution is 5.78. The SMILES string of the molecule is COc1cccc(CCOc2ccc(C(C(=O)O)C3(O)CCCCC3)cc2)c1. The van der Waals surface area contributed by atoms with Crippen molar-refractivity contribution in [3.8, 4) is 11.5 Å². The molecular formula is C23H28O5. The van der Waals surface area contributed by atoms with Gasteiger partial charge in [0, 0.05) is 6.42 Å². The van der Waals surface area contributed by atoms with Crippen LogP contribution in [0.3, 0.4) is 0 Å².